The lowest BCUT2D eigenvalue weighted by molar-refractivity contribution is -0.136. The Labute approximate surface area is 121 Å². The molecule has 5 nitrogen and oxygen atoms in total. The summed E-state index contributed by atoms with van der Waals surface area (Å²) >= 11 is 0. The van der Waals surface area contributed by atoms with Gasteiger partial charge in [0.25, 0.3) is 0 Å². The molecule has 0 spiro atoms. The van der Waals surface area contributed by atoms with Gasteiger partial charge >= 0.3 is 5.97 Å². The highest BCUT2D eigenvalue weighted by Gasteiger charge is 2.12. The molecule has 0 amide bonds. The van der Waals surface area contributed by atoms with Crippen LogP contribution < -0.4 is 5.73 Å². The van der Waals surface area contributed by atoms with Crippen LogP contribution in [0.1, 0.15) is 11.3 Å². The maximum Gasteiger partial charge on any atom is 0.309 e. The van der Waals surface area contributed by atoms with E-state index in [2.05, 4.69) is 5.10 Å². The molecule has 0 aliphatic heterocycles. The molecule has 5 heteroatoms. The number of anilines is 1. The average molecular weight is 281 g/mol. The summed E-state index contributed by atoms with van der Waals surface area (Å²) in [6.45, 7) is 0.584. The van der Waals surface area contributed by atoms with Gasteiger partial charge in [0.1, 0.15) is 0 Å². The third-order valence-electron chi connectivity index (χ3n) is 3.37. The third-order valence-corrected chi connectivity index (χ3v) is 3.37. The summed E-state index contributed by atoms with van der Waals surface area (Å²) in [5.74, 6) is -0.877. The second kappa shape index (κ2) is 5.28. The van der Waals surface area contributed by atoms with Crippen molar-refractivity contribution in [1.82, 2.24) is 9.78 Å². The number of carbonyl (C=O) groups is 1. The molecule has 1 aromatic heterocycles. The van der Waals surface area contributed by atoms with Gasteiger partial charge in [-0.3, -0.25) is 9.48 Å². The van der Waals surface area contributed by atoms with Gasteiger partial charge in [0.15, 0.2) is 0 Å². The van der Waals surface area contributed by atoms with Crippen molar-refractivity contribution < 1.29 is 9.90 Å². The lowest BCUT2D eigenvalue weighted by Gasteiger charge is -2.04. The van der Waals surface area contributed by atoms with Crippen LogP contribution in [-0.4, -0.2) is 20.9 Å². The fourth-order valence-electron chi connectivity index (χ4n) is 2.39. The number of rotatable bonds is 4. The molecule has 2 aromatic carbocycles. The van der Waals surface area contributed by atoms with Crippen molar-refractivity contribution in [2.24, 2.45) is 0 Å². The molecule has 0 bridgehead atoms. The average Bonchev–Trinajstić information content (AvgIpc) is 2.79. The quantitative estimate of drug-likeness (QED) is 0.719. The molecule has 0 radical (unpaired) electrons. The van der Waals surface area contributed by atoms with Crippen LogP contribution in [-0.2, 0) is 17.8 Å². The highest BCUT2D eigenvalue weighted by Crippen LogP contribution is 2.20. The summed E-state index contributed by atoms with van der Waals surface area (Å²) < 4.78 is 1.83. The van der Waals surface area contributed by atoms with Crippen LogP contribution in [0.2, 0.25) is 0 Å². The number of nitrogen functional groups attached to an aromatic ring is 1. The number of para-hydroxylation sites is 1. The van der Waals surface area contributed by atoms with Crippen LogP contribution in [0.5, 0.6) is 0 Å². The van der Waals surface area contributed by atoms with Gasteiger partial charge in [-0.1, -0.05) is 30.3 Å². The molecule has 0 unspecified atom stereocenters. The number of hydrogen-bond acceptors (Lipinski definition) is 3. The number of carboxylic acids is 1. The van der Waals surface area contributed by atoms with E-state index in [0.717, 1.165) is 22.2 Å². The van der Waals surface area contributed by atoms with Gasteiger partial charge in [-0.25, -0.2) is 0 Å². The Morgan fingerprint density at radius 2 is 1.86 bits per heavy atom. The number of hydrogen-bond donors (Lipinski definition) is 2. The van der Waals surface area contributed by atoms with Gasteiger partial charge < -0.3 is 10.8 Å². The van der Waals surface area contributed by atoms with Crippen LogP contribution in [0, 0.1) is 0 Å². The molecule has 106 valence electrons. The van der Waals surface area contributed by atoms with Crippen molar-refractivity contribution in [3.63, 3.8) is 0 Å². The number of aromatic nitrogens is 2. The normalized spacial score (nSPS) is 10.9. The van der Waals surface area contributed by atoms with Crippen LogP contribution in [0.15, 0.2) is 48.5 Å². The summed E-state index contributed by atoms with van der Waals surface area (Å²) in [4.78, 5) is 11.0. The summed E-state index contributed by atoms with van der Waals surface area (Å²) in [6, 6.07) is 15.3. The number of fused-ring (bicyclic) bond motifs is 1. The summed E-state index contributed by atoms with van der Waals surface area (Å²) in [5, 5.41) is 14.3. The van der Waals surface area contributed by atoms with E-state index in [1.807, 2.05) is 53.2 Å². The zero-order chi connectivity index (χ0) is 14.8. The highest BCUT2D eigenvalue weighted by molar-refractivity contribution is 5.85. The fourth-order valence-corrected chi connectivity index (χ4v) is 2.39. The Balaban J connectivity index is 2.01. The molecule has 3 rings (SSSR count). The van der Waals surface area contributed by atoms with Crippen molar-refractivity contribution in [3.8, 4) is 0 Å². The number of nitrogens with two attached hydrogens (primary N) is 1. The van der Waals surface area contributed by atoms with Crippen molar-refractivity contribution in [1.29, 1.82) is 0 Å². The Bertz CT molecular complexity index is 791. The van der Waals surface area contributed by atoms with E-state index < -0.39 is 5.97 Å². The number of aliphatic carboxylic acids is 1. The molecular formula is C16H15N3O2. The van der Waals surface area contributed by atoms with Crippen molar-refractivity contribution in [3.05, 3.63) is 59.8 Å². The van der Waals surface area contributed by atoms with Crippen molar-refractivity contribution in [2.75, 3.05) is 5.73 Å². The predicted molar refractivity (Wildman–Crippen MR) is 81.0 cm³/mol. The van der Waals surface area contributed by atoms with Crippen molar-refractivity contribution in [2.45, 2.75) is 13.0 Å². The third kappa shape index (κ3) is 2.72. The van der Waals surface area contributed by atoms with E-state index >= 15 is 0 Å². The summed E-state index contributed by atoms with van der Waals surface area (Å²) in [6.07, 6.45) is -0.0742. The number of carboxylic acid groups (broad SMARTS) is 1. The molecule has 0 saturated carbocycles. The molecule has 0 aliphatic carbocycles. The minimum atomic E-state index is -0.877. The largest absolute Gasteiger partial charge is 0.481 e. The van der Waals surface area contributed by atoms with E-state index in [1.54, 1.807) is 0 Å². The standard InChI is InChI=1S/C16H15N3O2/c17-12-7-5-11(6-8-12)10-19-15-4-2-1-3-13(15)14(18-19)9-16(20)21/h1-8H,9-10,17H2,(H,20,21). The SMILES string of the molecule is Nc1ccc(Cn2nc(CC(=O)O)c3ccccc32)cc1. The van der Waals surface area contributed by atoms with Gasteiger partial charge in [0, 0.05) is 11.1 Å². The van der Waals surface area contributed by atoms with Crippen molar-refractivity contribution >= 4 is 22.6 Å². The first-order chi connectivity index (χ1) is 10.1. The lowest BCUT2D eigenvalue weighted by Crippen LogP contribution is -2.05. The van der Waals surface area contributed by atoms with E-state index in [4.69, 9.17) is 10.8 Å². The van der Waals surface area contributed by atoms with Crippen LogP contribution in [0.4, 0.5) is 5.69 Å². The molecule has 21 heavy (non-hydrogen) atoms. The van der Waals surface area contributed by atoms with E-state index in [0.29, 0.717) is 12.2 Å². The predicted octanol–water partition coefficient (Wildman–Crippen LogP) is 2.29. The zero-order valence-electron chi connectivity index (χ0n) is 11.4. The van der Waals surface area contributed by atoms with Gasteiger partial charge in [-0.05, 0) is 23.8 Å². The first-order valence-electron chi connectivity index (χ1n) is 6.64. The molecule has 1 heterocycles. The Morgan fingerprint density at radius 1 is 1.14 bits per heavy atom. The second-order valence-electron chi connectivity index (χ2n) is 4.93. The Kier molecular flexibility index (Phi) is 3.31. The minimum absolute atomic E-state index is 0.0742. The fraction of sp³-hybridized carbons (Fsp3) is 0.125. The lowest BCUT2D eigenvalue weighted by atomic mass is 10.1. The molecule has 0 aliphatic rings. The van der Waals surface area contributed by atoms with E-state index in [1.165, 1.54) is 0 Å². The smallest absolute Gasteiger partial charge is 0.309 e. The minimum Gasteiger partial charge on any atom is -0.481 e. The molecule has 0 atom stereocenters. The first-order valence-corrected chi connectivity index (χ1v) is 6.64. The topological polar surface area (TPSA) is 81.1 Å². The van der Waals surface area contributed by atoms with E-state index in [9.17, 15) is 4.79 Å². The van der Waals surface area contributed by atoms with E-state index in [-0.39, 0.29) is 6.42 Å². The first kappa shape index (κ1) is 13.2. The second-order valence-corrected chi connectivity index (χ2v) is 4.93. The van der Waals surface area contributed by atoms with Crippen LogP contribution >= 0.6 is 0 Å². The summed E-state index contributed by atoms with van der Waals surface area (Å²) in [5.41, 5.74) is 9.00. The molecule has 3 aromatic rings. The number of benzene rings is 2. The Hall–Kier alpha value is -2.82. The monoisotopic (exact) mass is 281 g/mol. The number of nitrogens with zero attached hydrogens (tertiary/aromatic N) is 2. The van der Waals surface area contributed by atoms with Gasteiger partial charge in [-0.2, -0.15) is 5.10 Å². The summed E-state index contributed by atoms with van der Waals surface area (Å²) in [7, 11) is 0. The zero-order valence-corrected chi connectivity index (χ0v) is 11.4. The van der Waals surface area contributed by atoms with Gasteiger partial charge in [0.05, 0.1) is 24.2 Å². The molecule has 3 N–H and O–H groups in total. The molecular weight excluding hydrogens is 266 g/mol. The van der Waals surface area contributed by atoms with Gasteiger partial charge in [0.2, 0.25) is 0 Å². The molecule has 0 saturated heterocycles. The van der Waals surface area contributed by atoms with Crippen LogP contribution in [0.25, 0.3) is 10.9 Å². The molecule has 0 fully saturated rings. The Morgan fingerprint density at radius 3 is 2.57 bits per heavy atom. The maximum absolute atomic E-state index is 11.0. The maximum atomic E-state index is 11.0. The van der Waals surface area contributed by atoms with Gasteiger partial charge in [-0.15, -0.1) is 0 Å². The van der Waals surface area contributed by atoms with Crippen LogP contribution in [0.3, 0.4) is 0 Å². The highest BCUT2D eigenvalue weighted by atomic mass is 16.4.